The number of amides is 1. The van der Waals surface area contributed by atoms with Crippen LogP contribution in [0.4, 0.5) is 0 Å². The van der Waals surface area contributed by atoms with Crippen LogP contribution in [0.25, 0.3) is 17.1 Å². The van der Waals surface area contributed by atoms with Gasteiger partial charge in [-0.1, -0.05) is 60.7 Å². The third-order valence-corrected chi connectivity index (χ3v) is 5.88. The third kappa shape index (κ3) is 6.18. The molecule has 1 atom stereocenters. The second-order valence-corrected chi connectivity index (χ2v) is 8.35. The van der Waals surface area contributed by atoms with Crippen LogP contribution in [0.15, 0.2) is 91.1 Å². The van der Waals surface area contributed by atoms with Gasteiger partial charge in [0.05, 0.1) is 11.4 Å². The van der Waals surface area contributed by atoms with E-state index >= 15 is 0 Å². The van der Waals surface area contributed by atoms with E-state index in [0.29, 0.717) is 18.9 Å². The molecule has 6 nitrogen and oxygen atoms in total. The molecule has 0 bridgehead atoms. The highest BCUT2D eigenvalue weighted by atomic mass is 16.5. The van der Waals surface area contributed by atoms with E-state index < -0.39 is 11.9 Å². The number of carboxylic acid groups (broad SMARTS) is 1. The van der Waals surface area contributed by atoms with Crippen molar-refractivity contribution in [1.29, 1.82) is 0 Å². The van der Waals surface area contributed by atoms with Crippen molar-refractivity contribution < 1.29 is 19.4 Å². The second-order valence-electron chi connectivity index (χ2n) is 8.35. The normalized spacial score (nSPS) is 12.0. The summed E-state index contributed by atoms with van der Waals surface area (Å²) in [6, 6.07) is 25.5. The summed E-state index contributed by atoms with van der Waals surface area (Å²) in [4.78, 5) is 24.1. The molecule has 1 aromatic heterocycles. The number of hydrogen-bond acceptors (Lipinski definition) is 3. The van der Waals surface area contributed by atoms with E-state index in [2.05, 4.69) is 5.32 Å². The lowest BCUT2D eigenvalue weighted by molar-refractivity contribution is -0.131. The topological polar surface area (TPSA) is 80.6 Å². The minimum atomic E-state index is -1.04. The van der Waals surface area contributed by atoms with Gasteiger partial charge in [-0.05, 0) is 48.2 Å². The van der Waals surface area contributed by atoms with Gasteiger partial charge in [0.15, 0.2) is 0 Å². The summed E-state index contributed by atoms with van der Waals surface area (Å²) in [6.07, 6.45) is 5.12. The molecule has 0 spiro atoms. The Morgan fingerprint density at radius 3 is 2.37 bits per heavy atom. The molecule has 3 aromatic carbocycles. The van der Waals surface area contributed by atoms with Crippen LogP contribution in [0.3, 0.4) is 0 Å². The average molecular weight is 469 g/mol. The predicted molar refractivity (Wildman–Crippen MR) is 137 cm³/mol. The van der Waals surface area contributed by atoms with E-state index in [1.165, 1.54) is 6.20 Å². The largest absolute Gasteiger partial charge is 0.489 e. The Morgan fingerprint density at radius 1 is 1.00 bits per heavy atom. The summed E-state index contributed by atoms with van der Waals surface area (Å²) >= 11 is 0. The summed E-state index contributed by atoms with van der Waals surface area (Å²) in [6.45, 7) is 2.82. The fraction of sp³-hybridized carbons (Fsp3) is 0.172. The number of carbonyl (C=O) groups excluding carboxylic acids is 1. The number of benzene rings is 3. The molecule has 0 fully saturated rings. The summed E-state index contributed by atoms with van der Waals surface area (Å²) in [5, 5.41) is 12.9. The number of aliphatic carboxylic acids is 1. The Kier molecular flexibility index (Phi) is 7.63. The van der Waals surface area contributed by atoms with Crippen LogP contribution >= 0.6 is 0 Å². The fourth-order valence-corrected chi connectivity index (χ4v) is 3.97. The Labute approximate surface area is 204 Å². The Morgan fingerprint density at radius 2 is 1.69 bits per heavy atom. The Hall–Kier alpha value is -4.32. The number of rotatable bonds is 10. The predicted octanol–water partition coefficient (Wildman–Crippen LogP) is 5.24. The van der Waals surface area contributed by atoms with Crippen LogP contribution in [0.2, 0.25) is 0 Å². The molecule has 1 heterocycles. The highest BCUT2D eigenvalue weighted by Crippen LogP contribution is 2.31. The molecule has 0 aliphatic heterocycles. The van der Waals surface area contributed by atoms with E-state index in [1.807, 2.05) is 92.0 Å². The molecule has 0 saturated heterocycles. The van der Waals surface area contributed by atoms with Gasteiger partial charge in [-0.2, -0.15) is 0 Å². The van der Waals surface area contributed by atoms with Crippen molar-refractivity contribution in [1.82, 2.24) is 9.88 Å². The average Bonchev–Trinajstić information content (AvgIpc) is 3.24. The van der Waals surface area contributed by atoms with E-state index in [4.69, 9.17) is 9.84 Å². The van der Waals surface area contributed by atoms with Gasteiger partial charge in [0.2, 0.25) is 5.91 Å². The number of carboxylic acids is 1. The number of carbonyl (C=O) groups is 2. The number of aromatic nitrogens is 1. The molecule has 1 unspecified atom stereocenters. The van der Waals surface area contributed by atoms with Crippen molar-refractivity contribution >= 4 is 29.0 Å². The zero-order valence-electron chi connectivity index (χ0n) is 19.6. The maximum Gasteiger partial charge on any atom is 0.329 e. The first kappa shape index (κ1) is 23.8. The molecule has 35 heavy (non-hydrogen) atoms. The van der Waals surface area contributed by atoms with Gasteiger partial charge in [-0.15, -0.1) is 0 Å². The van der Waals surface area contributed by atoms with Crippen LogP contribution in [-0.4, -0.2) is 28.1 Å². The summed E-state index contributed by atoms with van der Waals surface area (Å²) in [5.41, 5.74) is 3.82. The Bertz CT molecular complexity index is 1330. The molecule has 0 aliphatic rings. The number of fused-ring (bicyclic) bond motifs is 1. The molecule has 0 saturated carbocycles. The van der Waals surface area contributed by atoms with Crippen molar-refractivity contribution in [2.24, 2.45) is 0 Å². The molecule has 1 amide bonds. The van der Waals surface area contributed by atoms with Crippen LogP contribution in [0, 0.1) is 0 Å². The van der Waals surface area contributed by atoms with Crippen LogP contribution in [0.5, 0.6) is 5.75 Å². The zero-order chi connectivity index (χ0) is 24.6. The van der Waals surface area contributed by atoms with Gasteiger partial charge in [0, 0.05) is 30.4 Å². The van der Waals surface area contributed by atoms with Gasteiger partial charge in [0.1, 0.15) is 12.4 Å². The van der Waals surface area contributed by atoms with E-state index in [0.717, 1.165) is 40.1 Å². The number of nitrogens with zero attached hydrogens (tertiary/aromatic N) is 1. The Balaban J connectivity index is 1.55. The standard InChI is InChI=1S/C29H28N2O4/c1-21(29(34)30-16-14-22-8-4-2-5-9-22)26-19-31(17-15-28(32)33)27-13-12-24(18-25(26)27)35-20-23-10-6-3-7-11-23/h2-13,15,17-19,21H,14,16,20H2,1H3,(H,30,34)(H,32,33). The highest BCUT2D eigenvalue weighted by Gasteiger charge is 2.20. The molecule has 2 N–H and O–H groups in total. The molecule has 6 heteroatoms. The van der Waals surface area contributed by atoms with E-state index in [-0.39, 0.29) is 5.91 Å². The molecule has 4 aromatic rings. The molecule has 4 rings (SSSR count). The van der Waals surface area contributed by atoms with E-state index in [1.54, 1.807) is 4.57 Å². The first-order valence-electron chi connectivity index (χ1n) is 11.6. The zero-order valence-corrected chi connectivity index (χ0v) is 19.6. The summed E-state index contributed by atoms with van der Waals surface area (Å²) < 4.78 is 7.72. The van der Waals surface area contributed by atoms with Crippen molar-refractivity contribution in [3.63, 3.8) is 0 Å². The first-order chi connectivity index (χ1) is 17.0. The number of ether oxygens (including phenoxy) is 1. The maximum absolute atomic E-state index is 13.0. The van der Waals surface area contributed by atoms with Crippen molar-refractivity contribution in [2.75, 3.05) is 6.54 Å². The van der Waals surface area contributed by atoms with Crippen LogP contribution < -0.4 is 10.1 Å². The maximum atomic E-state index is 13.0. The number of hydrogen-bond donors (Lipinski definition) is 2. The van der Waals surface area contributed by atoms with Gasteiger partial charge < -0.3 is 19.7 Å². The van der Waals surface area contributed by atoms with Crippen molar-refractivity contribution in [3.05, 3.63) is 108 Å². The van der Waals surface area contributed by atoms with Gasteiger partial charge in [-0.25, -0.2) is 4.79 Å². The second kappa shape index (κ2) is 11.2. The third-order valence-electron chi connectivity index (χ3n) is 5.88. The number of nitrogens with one attached hydrogen (secondary N) is 1. The SMILES string of the molecule is CC(C(=O)NCCc1ccccc1)c1cn(C=CC(=O)O)c2ccc(OCc3ccccc3)cc12. The first-order valence-corrected chi connectivity index (χ1v) is 11.6. The lowest BCUT2D eigenvalue weighted by Crippen LogP contribution is -2.29. The highest BCUT2D eigenvalue weighted by molar-refractivity contribution is 5.94. The lowest BCUT2D eigenvalue weighted by atomic mass is 9.99. The van der Waals surface area contributed by atoms with Gasteiger partial charge in [-0.3, -0.25) is 4.79 Å². The van der Waals surface area contributed by atoms with Gasteiger partial charge >= 0.3 is 5.97 Å². The molecular weight excluding hydrogens is 440 g/mol. The summed E-state index contributed by atoms with van der Waals surface area (Å²) in [5.74, 6) is -0.878. The van der Waals surface area contributed by atoms with Gasteiger partial charge in [0.25, 0.3) is 0 Å². The van der Waals surface area contributed by atoms with Crippen molar-refractivity contribution in [3.8, 4) is 5.75 Å². The van der Waals surface area contributed by atoms with E-state index in [9.17, 15) is 9.59 Å². The minimum Gasteiger partial charge on any atom is -0.489 e. The minimum absolute atomic E-state index is 0.0854. The lowest BCUT2D eigenvalue weighted by Gasteiger charge is -2.12. The quantitative estimate of drug-likeness (QED) is 0.312. The smallest absolute Gasteiger partial charge is 0.329 e. The summed E-state index contributed by atoms with van der Waals surface area (Å²) in [7, 11) is 0. The molecule has 0 aliphatic carbocycles. The molecular formula is C29H28N2O4. The fourth-order valence-electron chi connectivity index (χ4n) is 3.97. The monoisotopic (exact) mass is 468 g/mol. The van der Waals surface area contributed by atoms with Crippen molar-refractivity contribution in [2.45, 2.75) is 25.9 Å². The molecule has 0 radical (unpaired) electrons. The molecule has 178 valence electrons. The van der Waals surface area contributed by atoms with Crippen LogP contribution in [0.1, 0.15) is 29.5 Å². The van der Waals surface area contributed by atoms with Crippen LogP contribution in [-0.2, 0) is 22.6 Å².